The molecule has 0 radical (unpaired) electrons. The minimum absolute atomic E-state index is 0.0366. The predicted molar refractivity (Wildman–Crippen MR) is 111 cm³/mol. The highest BCUT2D eigenvalue weighted by Crippen LogP contribution is 2.25. The van der Waals surface area contributed by atoms with Crippen LogP contribution in [0.5, 0.6) is 5.75 Å². The van der Waals surface area contributed by atoms with Crippen LogP contribution >= 0.6 is 0 Å². The fourth-order valence-corrected chi connectivity index (χ4v) is 3.31. The van der Waals surface area contributed by atoms with Crippen molar-refractivity contribution in [3.63, 3.8) is 0 Å². The van der Waals surface area contributed by atoms with Crippen molar-refractivity contribution >= 4 is 5.91 Å². The Morgan fingerprint density at radius 3 is 2.71 bits per heavy atom. The van der Waals surface area contributed by atoms with Gasteiger partial charge in [0.25, 0.3) is 11.8 Å². The van der Waals surface area contributed by atoms with Crippen LogP contribution in [0.4, 0.5) is 0 Å². The molecule has 0 saturated carbocycles. The van der Waals surface area contributed by atoms with Crippen LogP contribution in [0.2, 0.25) is 0 Å². The van der Waals surface area contributed by atoms with Crippen molar-refractivity contribution in [2.75, 3.05) is 13.1 Å². The monoisotopic (exact) mass is 416 g/mol. The minimum atomic E-state index is -0.0658. The zero-order valence-corrected chi connectivity index (χ0v) is 16.9. The molecule has 1 aliphatic rings. The summed E-state index contributed by atoms with van der Waals surface area (Å²) in [4.78, 5) is 22.6. The van der Waals surface area contributed by atoms with E-state index in [1.165, 1.54) is 0 Å². The Balaban J connectivity index is 1.17. The Kier molecular flexibility index (Phi) is 4.91. The molecule has 3 aromatic heterocycles. The van der Waals surface area contributed by atoms with Gasteiger partial charge in [0.1, 0.15) is 17.5 Å². The number of amides is 1. The lowest BCUT2D eigenvalue weighted by atomic mass is 10.1. The van der Waals surface area contributed by atoms with E-state index in [1.807, 2.05) is 49.5 Å². The fourth-order valence-electron chi connectivity index (χ4n) is 3.31. The van der Waals surface area contributed by atoms with Crippen molar-refractivity contribution in [2.24, 2.45) is 0 Å². The fraction of sp³-hybridized carbons (Fsp3) is 0.227. The summed E-state index contributed by atoms with van der Waals surface area (Å²) >= 11 is 0. The average Bonchev–Trinajstić information content (AvgIpc) is 3.47. The Hall–Kier alpha value is -4.01. The maximum atomic E-state index is 12.4. The maximum absolute atomic E-state index is 12.4. The molecule has 0 bridgehead atoms. The smallest absolute Gasteiger partial charge is 0.274 e. The van der Waals surface area contributed by atoms with Gasteiger partial charge in [-0.05, 0) is 49.4 Å². The summed E-state index contributed by atoms with van der Waals surface area (Å²) in [6.07, 6.45) is 5.14. The molecular weight excluding hydrogens is 396 g/mol. The molecule has 0 aliphatic carbocycles. The van der Waals surface area contributed by atoms with E-state index in [1.54, 1.807) is 28.0 Å². The van der Waals surface area contributed by atoms with E-state index in [4.69, 9.17) is 9.26 Å². The van der Waals surface area contributed by atoms with Crippen LogP contribution in [0.3, 0.4) is 0 Å². The number of benzene rings is 1. The summed E-state index contributed by atoms with van der Waals surface area (Å²) in [7, 11) is 0. The van der Waals surface area contributed by atoms with Crippen LogP contribution in [0.25, 0.3) is 22.8 Å². The van der Waals surface area contributed by atoms with Crippen LogP contribution in [-0.2, 0) is 6.54 Å². The van der Waals surface area contributed by atoms with Gasteiger partial charge in [0.15, 0.2) is 0 Å². The molecule has 0 atom stereocenters. The van der Waals surface area contributed by atoms with Crippen LogP contribution < -0.4 is 4.74 Å². The second kappa shape index (κ2) is 8.02. The second-order valence-corrected chi connectivity index (χ2v) is 7.20. The molecule has 5 rings (SSSR count). The molecule has 1 amide bonds. The van der Waals surface area contributed by atoms with Crippen molar-refractivity contribution in [1.82, 2.24) is 29.8 Å². The number of ether oxygens (including phenoxy) is 1. The number of aromatic nitrogens is 5. The average molecular weight is 416 g/mol. The van der Waals surface area contributed by atoms with E-state index in [9.17, 15) is 4.79 Å². The highest BCUT2D eigenvalue weighted by atomic mass is 16.5. The largest absolute Gasteiger partial charge is 0.487 e. The van der Waals surface area contributed by atoms with Crippen molar-refractivity contribution in [1.29, 1.82) is 0 Å². The topological polar surface area (TPSA) is 99.2 Å². The third-order valence-corrected chi connectivity index (χ3v) is 5.07. The summed E-state index contributed by atoms with van der Waals surface area (Å²) < 4.78 is 13.0. The van der Waals surface area contributed by atoms with E-state index in [-0.39, 0.29) is 12.0 Å². The van der Waals surface area contributed by atoms with E-state index < -0.39 is 0 Å². The molecule has 9 nitrogen and oxygen atoms in total. The van der Waals surface area contributed by atoms with Crippen molar-refractivity contribution in [3.05, 3.63) is 66.7 Å². The summed E-state index contributed by atoms with van der Waals surface area (Å²) in [5, 5.41) is 8.30. The van der Waals surface area contributed by atoms with Gasteiger partial charge in [-0.3, -0.25) is 14.5 Å². The van der Waals surface area contributed by atoms with Crippen molar-refractivity contribution < 1.29 is 14.1 Å². The molecule has 1 saturated heterocycles. The van der Waals surface area contributed by atoms with Gasteiger partial charge >= 0.3 is 0 Å². The summed E-state index contributed by atoms with van der Waals surface area (Å²) in [6.45, 7) is 3.81. The molecule has 0 spiro atoms. The molecule has 9 heteroatoms. The predicted octanol–water partition coefficient (Wildman–Crippen LogP) is 2.92. The van der Waals surface area contributed by atoms with Gasteiger partial charge in [-0.2, -0.15) is 10.1 Å². The first-order valence-electron chi connectivity index (χ1n) is 10.0. The number of rotatable bonds is 6. The van der Waals surface area contributed by atoms with E-state index in [0.29, 0.717) is 30.5 Å². The highest BCUT2D eigenvalue weighted by molar-refractivity contribution is 5.92. The standard InChI is InChI=1S/C22H20N6O3/c1-2-28-11-9-19(25-28)22(29)27-13-18(14-27)30-17-7-5-15(6-8-17)20-24-21(31-26-20)16-4-3-10-23-12-16/h3-12,18H,2,13-14H2,1H3. The zero-order valence-electron chi connectivity index (χ0n) is 16.9. The number of pyridine rings is 1. The molecule has 4 heterocycles. The van der Waals surface area contributed by atoms with Crippen LogP contribution in [0, 0.1) is 0 Å². The molecule has 0 unspecified atom stereocenters. The zero-order chi connectivity index (χ0) is 21.2. The number of carbonyl (C=O) groups is 1. The van der Waals surface area contributed by atoms with E-state index in [2.05, 4.69) is 20.2 Å². The van der Waals surface area contributed by atoms with E-state index >= 15 is 0 Å². The lowest BCUT2D eigenvalue weighted by molar-refractivity contribution is 0.0173. The number of nitrogens with zero attached hydrogens (tertiary/aromatic N) is 6. The number of aryl methyl sites for hydroxylation is 1. The molecule has 31 heavy (non-hydrogen) atoms. The van der Waals surface area contributed by atoms with Gasteiger partial charge in [0.05, 0.1) is 18.7 Å². The normalized spacial score (nSPS) is 13.8. The maximum Gasteiger partial charge on any atom is 0.274 e. The minimum Gasteiger partial charge on any atom is -0.487 e. The van der Waals surface area contributed by atoms with Crippen molar-refractivity contribution in [3.8, 4) is 28.6 Å². The molecule has 1 fully saturated rings. The Morgan fingerprint density at radius 2 is 2.00 bits per heavy atom. The van der Waals surface area contributed by atoms with Gasteiger partial charge < -0.3 is 14.2 Å². The third-order valence-electron chi connectivity index (χ3n) is 5.07. The third kappa shape index (κ3) is 3.89. The summed E-state index contributed by atoms with van der Waals surface area (Å²) in [6, 6.07) is 12.9. The number of hydrogen-bond acceptors (Lipinski definition) is 7. The first-order chi connectivity index (χ1) is 15.2. The van der Waals surface area contributed by atoms with Gasteiger partial charge in [-0.25, -0.2) is 0 Å². The molecule has 1 aromatic carbocycles. The molecule has 156 valence electrons. The molecule has 0 N–H and O–H groups in total. The van der Waals surface area contributed by atoms with Gasteiger partial charge in [0, 0.05) is 30.7 Å². The van der Waals surface area contributed by atoms with Gasteiger partial charge in [-0.15, -0.1) is 0 Å². The number of carbonyl (C=O) groups excluding carboxylic acids is 1. The molecular formula is C22H20N6O3. The Morgan fingerprint density at radius 1 is 1.16 bits per heavy atom. The molecule has 1 aliphatic heterocycles. The first kappa shape index (κ1) is 19.0. The Labute approximate surface area is 178 Å². The highest BCUT2D eigenvalue weighted by Gasteiger charge is 2.33. The first-order valence-corrected chi connectivity index (χ1v) is 10.0. The molecule has 4 aromatic rings. The van der Waals surface area contributed by atoms with Gasteiger partial charge in [0.2, 0.25) is 5.82 Å². The summed E-state index contributed by atoms with van der Waals surface area (Å²) in [5.74, 6) is 1.58. The quantitative estimate of drug-likeness (QED) is 0.476. The SMILES string of the molecule is CCn1ccc(C(=O)N2CC(Oc3ccc(-c4noc(-c5cccnc5)n4)cc3)C2)n1. The van der Waals surface area contributed by atoms with Gasteiger partial charge in [-0.1, -0.05) is 5.16 Å². The number of hydrogen-bond donors (Lipinski definition) is 0. The van der Waals surface area contributed by atoms with Crippen LogP contribution in [0.1, 0.15) is 17.4 Å². The van der Waals surface area contributed by atoms with Crippen LogP contribution in [0.15, 0.2) is 65.6 Å². The Bertz CT molecular complexity index is 1180. The van der Waals surface area contributed by atoms with Crippen LogP contribution in [-0.4, -0.2) is 54.9 Å². The number of likely N-dealkylation sites (tertiary alicyclic amines) is 1. The lowest BCUT2D eigenvalue weighted by Crippen LogP contribution is -2.56. The summed E-state index contributed by atoms with van der Waals surface area (Å²) in [5.41, 5.74) is 2.06. The van der Waals surface area contributed by atoms with E-state index in [0.717, 1.165) is 23.4 Å². The van der Waals surface area contributed by atoms with Crippen molar-refractivity contribution in [2.45, 2.75) is 19.6 Å². The lowest BCUT2D eigenvalue weighted by Gasteiger charge is -2.38. The second-order valence-electron chi connectivity index (χ2n) is 7.20.